The second-order valence-corrected chi connectivity index (χ2v) is 5.74. The molecule has 0 bridgehead atoms. The fourth-order valence-corrected chi connectivity index (χ4v) is 3.08. The van der Waals surface area contributed by atoms with Gasteiger partial charge in [-0.2, -0.15) is 5.10 Å². The molecule has 0 unspecified atom stereocenters. The van der Waals surface area contributed by atoms with Gasteiger partial charge in [0.25, 0.3) is 0 Å². The Kier molecular flexibility index (Phi) is 3.06. The summed E-state index contributed by atoms with van der Waals surface area (Å²) in [6, 6.07) is 13.3. The lowest BCUT2D eigenvalue weighted by Crippen LogP contribution is -2.10. The van der Waals surface area contributed by atoms with E-state index in [1.54, 1.807) is 11.5 Å². The van der Waals surface area contributed by atoms with Crippen molar-refractivity contribution in [1.29, 1.82) is 0 Å². The minimum atomic E-state index is -0.265. The minimum absolute atomic E-state index is 0.265. The van der Waals surface area contributed by atoms with Gasteiger partial charge in [0.1, 0.15) is 5.75 Å². The van der Waals surface area contributed by atoms with Crippen molar-refractivity contribution in [1.82, 2.24) is 14.6 Å². The van der Waals surface area contributed by atoms with Gasteiger partial charge in [-0.15, -0.1) is 0 Å². The van der Waals surface area contributed by atoms with Gasteiger partial charge in [0.05, 0.1) is 12.6 Å². The molecule has 6 nitrogen and oxygen atoms in total. The van der Waals surface area contributed by atoms with Crippen molar-refractivity contribution in [3.63, 3.8) is 0 Å². The summed E-state index contributed by atoms with van der Waals surface area (Å²) in [5.41, 5.74) is 10.5. The number of ether oxygens (including phenoxy) is 1. The lowest BCUT2D eigenvalue weighted by atomic mass is 10.00. The van der Waals surface area contributed by atoms with Crippen LogP contribution in [0.1, 0.15) is 5.56 Å². The number of pyridine rings is 1. The molecule has 0 amide bonds. The fourth-order valence-electron chi connectivity index (χ4n) is 3.08. The van der Waals surface area contributed by atoms with Gasteiger partial charge in [-0.1, -0.05) is 12.1 Å². The number of benzene rings is 2. The van der Waals surface area contributed by atoms with Crippen molar-refractivity contribution in [2.75, 3.05) is 12.8 Å². The van der Waals surface area contributed by atoms with E-state index in [2.05, 4.69) is 10.2 Å². The molecular formula is C18H16N4O2. The number of nitrogens with one attached hydrogen (secondary N) is 1. The standard InChI is InChI=1S/C18H16N4O2/c1-10-6-17-20-21-18(23)22(17)15-8-14(16(24-2)9-13(10)15)11-4-3-5-12(19)7-11/h3-9H,19H2,1-2H3,(H,21,23). The Morgan fingerprint density at radius 3 is 2.79 bits per heavy atom. The summed E-state index contributed by atoms with van der Waals surface area (Å²) < 4.78 is 7.14. The van der Waals surface area contributed by atoms with Crippen LogP contribution >= 0.6 is 0 Å². The SMILES string of the molecule is COc1cc2c(C)cc3n[nH]c(=O)n3c2cc1-c1cccc(N)c1. The van der Waals surface area contributed by atoms with Crippen LogP contribution < -0.4 is 16.2 Å². The van der Waals surface area contributed by atoms with Crippen LogP contribution in [0.2, 0.25) is 0 Å². The maximum atomic E-state index is 12.2. The van der Waals surface area contributed by atoms with Gasteiger partial charge in [0.2, 0.25) is 0 Å². The van der Waals surface area contributed by atoms with Crippen LogP contribution in [0.4, 0.5) is 5.69 Å². The first kappa shape index (κ1) is 14.3. The van der Waals surface area contributed by atoms with Gasteiger partial charge in [-0.3, -0.25) is 0 Å². The average molecular weight is 320 g/mol. The molecule has 0 aliphatic heterocycles. The minimum Gasteiger partial charge on any atom is -0.496 e. The largest absolute Gasteiger partial charge is 0.496 e. The number of fused-ring (bicyclic) bond motifs is 3. The first-order valence-electron chi connectivity index (χ1n) is 7.53. The van der Waals surface area contributed by atoms with E-state index in [0.717, 1.165) is 33.3 Å². The summed E-state index contributed by atoms with van der Waals surface area (Å²) in [7, 11) is 1.63. The molecule has 0 fully saturated rings. The molecule has 0 radical (unpaired) electrons. The van der Waals surface area contributed by atoms with E-state index in [9.17, 15) is 4.79 Å². The quantitative estimate of drug-likeness (QED) is 0.556. The van der Waals surface area contributed by atoms with E-state index < -0.39 is 0 Å². The highest BCUT2D eigenvalue weighted by atomic mass is 16.5. The summed E-state index contributed by atoms with van der Waals surface area (Å²) in [5, 5.41) is 7.50. The predicted octanol–water partition coefficient (Wildman–Crippen LogP) is 2.74. The van der Waals surface area contributed by atoms with Gasteiger partial charge in [0.15, 0.2) is 5.65 Å². The fraction of sp³-hybridized carbons (Fsp3) is 0.111. The second-order valence-electron chi connectivity index (χ2n) is 5.74. The van der Waals surface area contributed by atoms with Gasteiger partial charge < -0.3 is 10.5 Å². The average Bonchev–Trinajstić information content (AvgIpc) is 2.94. The number of nitrogens with zero attached hydrogens (tertiary/aromatic N) is 2. The number of methoxy groups -OCH3 is 1. The smallest absolute Gasteiger partial charge is 0.348 e. The van der Waals surface area contributed by atoms with E-state index >= 15 is 0 Å². The number of aromatic nitrogens is 3. The van der Waals surface area contributed by atoms with Crippen LogP contribution in [0, 0.1) is 6.92 Å². The van der Waals surface area contributed by atoms with E-state index in [4.69, 9.17) is 10.5 Å². The number of H-pyrrole nitrogens is 1. The highest BCUT2D eigenvalue weighted by molar-refractivity contribution is 5.92. The van der Waals surface area contributed by atoms with E-state index in [1.165, 1.54) is 0 Å². The Hall–Kier alpha value is -3.28. The molecule has 24 heavy (non-hydrogen) atoms. The number of anilines is 1. The zero-order valence-electron chi connectivity index (χ0n) is 13.3. The molecule has 0 aliphatic rings. The van der Waals surface area contributed by atoms with Crippen LogP contribution in [0.25, 0.3) is 27.7 Å². The van der Waals surface area contributed by atoms with Gasteiger partial charge in [-0.05, 0) is 48.4 Å². The predicted molar refractivity (Wildman–Crippen MR) is 94.5 cm³/mol. The second kappa shape index (κ2) is 5.13. The zero-order chi connectivity index (χ0) is 16.8. The van der Waals surface area contributed by atoms with Crippen molar-refractivity contribution >= 4 is 22.2 Å². The van der Waals surface area contributed by atoms with Crippen LogP contribution in [0.5, 0.6) is 5.75 Å². The van der Waals surface area contributed by atoms with Crippen molar-refractivity contribution in [2.45, 2.75) is 6.92 Å². The molecule has 0 saturated heterocycles. The molecule has 3 N–H and O–H groups in total. The number of rotatable bonds is 2. The zero-order valence-corrected chi connectivity index (χ0v) is 13.3. The summed E-state index contributed by atoms with van der Waals surface area (Å²) in [4.78, 5) is 12.2. The Labute approximate surface area is 137 Å². The van der Waals surface area contributed by atoms with Crippen molar-refractivity contribution < 1.29 is 4.74 Å². The molecule has 6 heteroatoms. The molecule has 120 valence electrons. The molecule has 2 heterocycles. The normalized spacial score (nSPS) is 11.2. The maximum Gasteiger partial charge on any atom is 0.348 e. The summed E-state index contributed by atoms with van der Waals surface area (Å²) in [5.74, 6) is 0.729. The highest BCUT2D eigenvalue weighted by Gasteiger charge is 2.14. The number of nitrogens with two attached hydrogens (primary N) is 1. The third-order valence-electron chi connectivity index (χ3n) is 4.23. The Morgan fingerprint density at radius 1 is 1.21 bits per heavy atom. The van der Waals surface area contributed by atoms with Gasteiger partial charge in [0, 0.05) is 16.6 Å². The number of aromatic amines is 1. The first-order chi connectivity index (χ1) is 11.6. The molecular weight excluding hydrogens is 304 g/mol. The molecule has 0 spiro atoms. The molecule has 4 aromatic rings. The van der Waals surface area contributed by atoms with Crippen LogP contribution in [0.3, 0.4) is 0 Å². The topological polar surface area (TPSA) is 85.4 Å². The van der Waals surface area contributed by atoms with Crippen molar-refractivity contribution in [3.8, 4) is 16.9 Å². The van der Waals surface area contributed by atoms with Crippen molar-refractivity contribution in [2.24, 2.45) is 0 Å². The monoisotopic (exact) mass is 320 g/mol. The van der Waals surface area contributed by atoms with Crippen LogP contribution in [-0.2, 0) is 0 Å². The Balaban J connectivity index is 2.16. The van der Waals surface area contributed by atoms with Gasteiger partial charge in [-0.25, -0.2) is 14.3 Å². The number of hydrogen-bond donors (Lipinski definition) is 2. The van der Waals surface area contributed by atoms with Crippen molar-refractivity contribution in [3.05, 3.63) is 58.5 Å². The maximum absolute atomic E-state index is 12.2. The Morgan fingerprint density at radius 2 is 2.04 bits per heavy atom. The summed E-state index contributed by atoms with van der Waals surface area (Å²) in [6.07, 6.45) is 0. The van der Waals surface area contributed by atoms with E-state index in [-0.39, 0.29) is 5.69 Å². The van der Waals surface area contributed by atoms with E-state index in [0.29, 0.717) is 11.3 Å². The van der Waals surface area contributed by atoms with Crippen LogP contribution in [-0.4, -0.2) is 21.7 Å². The van der Waals surface area contributed by atoms with Gasteiger partial charge >= 0.3 is 5.69 Å². The molecule has 4 rings (SSSR count). The molecule has 0 atom stereocenters. The third-order valence-corrected chi connectivity index (χ3v) is 4.23. The Bertz CT molecular complexity index is 1140. The number of nitrogen functional groups attached to an aromatic ring is 1. The summed E-state index contributed by atoms with van der Waals surface area (Å²) >= 11 is 0. The lowest BCUT2D eigenvalue weighted by Gasteiger charge is -2.13. The lowest BCUT2D eigenvalue weighted by molar-refractivity contribution is 0.417. The van der Waals surface area contributed by atoms with E-state index in [1.807, 2.05) is 49.4 Å². The molecule has 0 saturated carbocycles. The molecule has 2 aromatic heterocycles. The molecule has 2 aromatic carbocycles. The first-order valence-corrected chi connectivity index (χ1v) is 7.53. The highest BCUT2D eigenvalue weighted by Crippen LogP contribution is 2.35. The summed E-state index contributed by atoms with van der Waals surface area (Å²) in [6.45, 7) is 1.99. The number of hydrogen-bond acceptors (Lipinski definition) is 4. The number of aryl methyl sites for hydroxylation is 1. The third kappa shape index (κ3) is 2.04. The molecule has 0 aliphatic carbocycles. The van der Waals surface area contributed by atoms with Crippen LogP contribution in [0.15, 0.2) is 47.3 Å².